The first-order chi connectivity index (χ1) is 12.5. The molecule has 0 atom stereocenters. The van der Waals surface area contributed by atoms with Crippen molar-refractivity contribution >= 4 is 27.9 Å². The maximum atomic E-state index is 12.5. The highest BCUT2D eigenvalue weighted by Crippen LogP contribution is 2.26. The SMILES string of the molecule is Cc1ccc2oc(C(=O)NCCc3nc4c(C)cccc4[nH]3)c(C)c2c1. The van der Waals surface area contributed by atoms with Gasteiger partial charge in [-0.05, 0) is 44.5 Å². The number of aromatic amines is 1. The van der Waals surface area contributed by atoms with E-state index in [9.17, 15) is 4.79 Å². The summed E-state index contributed by atoms with van der Waals surface area (Å²) < 4.78 is 5.75. The largest absolute Gasteiger partial charge is 0.451 e. The van der Waals surface area contributed by atoms with Crippen LogP contribution in [0.25, 0.3) is 22.0 Å². The fourth-order valence-electron chi connectivity index (χ4n) is 3.27. The molecular formula is C21H21N3O2. The predicted molar refractivity (Wildman–Crippen MR) is 103 cm³/mol. The Labute approximate surface area is 151 Å². The van der Waals surface area contributed by atoms with E-state index in [2.05, 4.69) is 15.3 Å². The molecule has 0 unspecified atom stereocenters. The lowest BCUT2D eigenvalue weighted by Gasteiger charge is -2.02. The maximum Gasteiger partial charge on any atom is 0.287 e. The molecular weight excluding hydrogens is 326 g/mol. The normalized spacial score (nSPS) is 11.3. The highest BCUT2D eigenvalue weighted by atomic mass is 16.3. The van der Waals surface area contributed by atoms with E-state index in [-0.39, 0.29) is 5.91 Å². The number of H-pyrrole nitrogens is 1. The lowest BCUT2D eigenvalue weighted by atomic mass is 10.1. The molecule has 2 aromatic carbocycles. The molecule has 2 heterocycles. The van der Waals surface area contributed by atoms with E-state index in [4.69, 9.17) is 4.42 Å². The van der Waals surface area contributed by atoms with Crippen LogP contribution in [-0.4, -0.2) is 22.4 Å². The van der Waals surface area contributed by atoms with Crippen LogP contribution in [0.1, 0.15) is 33.1 Å². The number of nitrogens with one attached hydrogen (secondary N) is 2. The number of para-hydroxylation sites is 1. The standard InChI is InChI=1S/C21H21N3O2/c1-12-7-8-17-15(11-12)14(3)20(26-17)21(25)22-10-9-18-23-16-6-4-5-13(2)19(16)24-18/h4-8,11H,9-10H2,1-3H3,(H,22,25)(H,23,24). The molecule has 0 saturated carbocycles. The third-order valence-electron chi connectivity index (χ3n) is 4.71. The minimum atomic E-state index is -0.191. The zero-order valence-electron chi connectivity index (χ0n) is 15.1. The number of rotatable bonds is 4. The topological polar surface area (TPSA) is 70.9 Å². The number of furan rings is 1. The number of imidazole rings is 1. The quantitative estimate of drug-likeness (QED) is 0.581. The number of carbonyl (C=O) groups excluding carboxylic acids is 1. The summed E-state index contributed by atoms with van der Waals surface area (Å²) in [4.78, 5) is 20.4. The minimum Gasteiger partial charge on any atom is -0.451 e. The van der Waals surface area contributed by atoms with Crippen molar-refractivity contribution in [2.75, 3.05) is 6.54 Å². The summed E-state index contributed by atoms with van der Waals surface area (Å²) in [6.07, 6.45) is 0.637. The number of carbonyl (C=O) groups is 1. The van der Waals surface area contributed by atoms with Crippen molar-refractivity contribution in [1.82, 2.24) is 15.3 Å². The summed E-state index contributed by atoms with van der Waals surface area (Å²) in [5.74, 6) is 1.06. The first kappa shape index (κ1) is 16.4. The van der Waals surface area contributed by atoms with Crippen molar-refractivity contribution < 1.29 is 9.21 Å². The van der Waals surface area contributed by atoms with E-state index in [0.717, 1.165) is 44.5 Å². The van der Waals surface area contributed by atoms with E-state index in [1.165, 1.54) is 0 Å². The number of aromatic nitrogens is 2. The van der Waals surface area contributed by atoms with Crippen molar-refractivity contribution in [3.8, 4) is 0 Å². The molecule has 1 amide bonds. The summed E-state index contributed by atoms with van der Waals surface area (Å²) >= 11 is 0. The van der Waals surface area contributed by atoms with Crippen molar-refractivity contribution in [2.24, 2.45) is 0 Å². The van der Waals surface area contributed by atoms with Gasteiger partial charge in [0.2, 0.25) is 0 Å². The number of amides is 1. The molecule has 0 bridgehead atoms. The van der Waals surface area contributed by atoms with Crippen LogP contribution in [0, 0.1) is 20.8 Å². The molecule has 0 fully saturated rings. The Morgan fingerprint density at radius 1 is 1.19 bits per heavy atom. The minimum absolute atomic E-state index is 0.191. The first-order valence-electron chi connectivity index (χ1n) is 8.75. The molecule has 5 nitrogen and oxygen atoms in total. The van der Waals surface area contributed by atoms with Crippen LogP contribution in [0.3, 0.4) is 0 Å². The van der Waals surface area contributed by atoms with Gasteiger partial charge in [-0.2, -0.15) is 0 Å². The van der Waals surface area contributed by atoms with E-state index < -0.39 is 0 Å². The third-order valence-corrected chi connectivity index (χ3v) is 4.71. The van der Waals surface area contributed by atoms with E-state index in [1.54, 1.807) is 0 Å². The smallest absolute Gasteiger partial charge is 0.287 e. The third kappa shape index (κ3) is 2.86. The number of fused-ring (bicyclic) bond motifs is 2. The monoisotopic (exact) mass is 347 g/mol. The molecule has 0 aliphatic carbocycles. The summed E-state index contributed by atoms with van der Waals surface area (Å²) in [7, 11) is 0. The second-order valence-corrected chi connectivity index (χ2v) is 6.72. The molecule has 2 aromatic heterocycles. The van der Waals surface area contributed by atoms with E-state index in [0.29, 0.717) is 18.7 Å². The lowest BCUT2D eigenvalue weighted by molar-refractivity contribution is 0.0927. The van der Waals surface area contributed by atoms with Crippen LogP contribution in [0.4, 0.5) is 0 Å². The predicted octanol–water partition coefficient (Wildman–Crippen LogP) is 4.21. The van der Waals surface area contributed by atoms with Gasteiger partial charge in [-0.15, -0.1) is 0 Å². The van der Waals surface area contributed by atoms with Crippen LogP contribution < -0.4 is 5.32 Å². The number of aryl methyl sites for hydroxylation is 3. The number of nitrogens with zero attached hydrogens (tertiary/aromatic N) is 1. The number of hydrogen-bond acceptors (Lipinski definition) is 3. The van der Waals surface area contributed by atoms with Gasteiger partial charge >= 0.3 is 0 Å². The molecule has 132 valence electrons. The highest BCUT2D eigenvalue weighted by Gasteiger charge is 2.17. The Morgan fingerprint density at radius 3 is 2.85 bits per heavy atom. The fraction of sp³-hybridized carbons (Fsp3) is 0.238. The van der Waals surface area contributed by atoms with Gasteiger partial charge in [-0.1, -0.05) is 23.8 Å². The number of benzene rings is 2. The molecule has 26 heavy (non-hydrogen) atoms. The summed E-state index contributed by atoms with van der Waals surface area (Å²) in [5, 5.41) is 3.92. The molecule has 0 aliphatic rings. The van der Waals surface area contributed by atoms with Gasteiger partial charge in [0.25, 0.3) is 5.91 Å². The highest BCUT2D eigenvalue weighted by molar-refractivity contribution is 5.99. The van der Waals surface area contributed by atoms with Gasteiger partial charge < -0.3 is 14.7 Å². The van der Waals surface area contributed by atoms with Gasteiger partial charge in [-0.3, -0.25) is 4.79 Å². The first-order valence-corrected chi connectivity index (χ1v) is 8.75. The summed E-state index contributed by atoms with van der Waals surface area (Å²) in [6.45, 7) is 6.48. The molecule has 4 rings (SSSR count). The molecule has 0 radical (unpaired) electrons. The zero-order valence-corrected chi connectivity index (χ0v) is 15.1. The van der Waals surface area contributed by atoms with Gasteiger partial charge in [0.15, 0.2) is 5.76 Å². The van der Waals surface area contributed by atoms with Crippen LogP contribution in [0.5, 0.6) is 0 Å². The average Bonchev–Trinajstić information content (AvgIpc) is 3.17. The second kappa shape index (κ2) is 6.33. The van der Waals surface area contributed by atoms with Crippen molar-refractivity contribution in [2.45, 2.75) is 27.2 Å². The molecule has 0 aliphatic heterocycles. The van der Waals surface area contributed by atoms with E-state index in [1.807, 2.05) is 57.2 Å². The Hall–Kier alpha value is -3.08. The van der Waals surface area contributed by atoms with Crippen LogP contribution in [-0.2, 0) is 6.42 Å². The van der Waals surface area contributed by atoms with Crippen molar-refractivity contribution in [3.05, 3.63) is 64.7 Å². The maximum absolute atomic E-state index is 12.5. The Kier molecular flexibility index (Phi) is 3.99. The Bertz CT molecular complexity index is 1120. The van der Waals surface area contributed by atoms with Gasteiger partial charge in [0.1, 0.15) is 11.4 Å². The van der Waals surface area contributed by atoms with Gasteiger partial charge in [0.05, 0.1) is 11.0 Å². The lowest BCUT2D eigenvalue weighted by Crippen LogP contribution is -2.26. The molecule has 5 heteroatoms. The molecule has 0 spiro atoms. The van der Waals surface area contributed by atoms with Crippen LogP contribution >= 0.6 is 0 Å². The summed E-state index contributed by atoms with van der Waals surface area (Å²) in [6, 6.07) is 12.0. The fourth-order valence-corrected chi connectivity index (χ4v) is 3.27. The number of hydrogen-bond donors (Lipinski definition) is 2. The second-order valence-electron chi connectivity index (χ2n) is 6.72. The summed E-state index contributed by atoms with van der Waals surface area (Å²) in [5.41, 5.74) is 5.91. The Balaban J connectivity index is 1.47. The molecule has 2 N–H and O–H groups in total. The van der Waals surface area contributed by atoms with Crippen LogP contribution in [0.2, 0.25) is 0 Å². The molecule has 0 saturated heterocycles. The van der Waals surface area contributed by atoms with Crippen LogP contribution in [0.15, 0.2) is 40.8 Å². The Morgan fingerprint density at radius 2 is 2.04 bits per heavy atom. The van der Waals surface area contributed by atoms with Gasteiger partial charge in [0, 0.05) is 23.9 Å². The molecule has 4 aromatic rings. The average molecular weight is 347 g/mol. The zero-order chi connectivity index (χ0) is 18.3. The van der Waals surface area contributed by atoms with Gasteiger partial charge in [-0.25, -0.2) is 4.98 Å². The van der Waals surface area contributed by atoms with E-state index >= 15 is 0 Å². The van der Waals surface area contributed by atoms with Crippen molar-refractivity contribution in [3.63, 3.8) is 0 Å². The van der Waals surface area contributed by atoms with Crippen molar-refractivity contribution in [1.29, 1.82) is 0 Å².